The standard InChI is InChI=1S/C28H42N2O4/c1-4-6-8-10-11-12-14-20-33-26-21-29-27(30-22-26)24-15-17-25(18-16-24)34-28(31)23(3)32-19-13-9-7-5-2/h15-18,21-23H,4-14,19-20H2,1-3H3. The maximum atomic E-state index is 12.2. The zero-order valence-corrected chi connectivity index (χ0v) is 21.3. The van der Waals surface area contributed by atoms with Crippen LogP contribution in [0.4, 0.5) is 0 Å². The number of ether oxygens (including phenoxy) is 3. The molecule has 34 heavy (non-hydrogen) atoms. The second-order valence-corrected chi connectivity index (χ2v) is 8.73. The highest BCUT2D eigenvalue weighted by Gasteiger charge is 2.16. The molecule has 1 heterocycles. The van der Waals surface area contributed by atoms with E-state index >= 15 is 0 Å². The molecule has 0 saturated heterocycles. The highest BCUT2D eigenvalue weighted by molar-refractivity contribution is 5.77. The van der Waals surface area contributed by atoms with E-state index in [0.717, 1.165) is 24.8 Å². The highest BCUT2D eigenvalue weighted by Crippen LogP contribution is 2.21. The van der Waals surface area contributed by atoms with Crippen LogP contribution in [0.5, 0.6) is 11.5 Å². The Bertz CT molecular complexity index is 793. The number of benzene rings is 1. The van der Waals surface area contributed by atoms with Crippen molar-refractivity contribution in [2.24, 2.45) is 0 Å². The first-order chi connectivity index (χ1) is 16.6. The number of unbranched alkanes of at least 4 members (excludes halogenated alkanes) is 9. The van der Waals surface area contributed by atoms with Crippen molar-refractivity contribution < 1.29 is 19.0 Å². The Morgan fingerprint density at radius 1 is 0.765 bits per heavy atom. The van der Waals surface area contributed by atoms with Crippen LogP contribution in [0.15, 0.2) is 36.7 Å². The summed E-state index contributed by atoms with van der Waals surface area (Å²) in [7, 11) is 0. The van der Waals surface area contributed by atoms with Crippen molar-refractivity contribution in [2.75, 3.05) is 13.2 Å². The minimum atomic E-state index is -0.585. The van der Waals surface area contributed by atoms with Gasteiger partial charge in [0.25, 0.3) is 0 Å². The molecule has 188 valence electrons. The molecule has 0 fully saturated rings. The summed E-state index contributed by atoms with van der Waals surface area (Å²) < 4.78 is 16.8. The summed E-state index contributed by atoms with van der Waals surface area (Å²) in [6.07, 6.45) is 16.1. The predicted molar refractivity (Wildman–Crippen MR) is 136 cm³/mol. The zero-order valence-electron chi connectivity index (χ0n) is 21.3. The molecule has 0 saturated carbocycles. The SMILES string of the molecule is CCCCCCCCCOc1cnc(-c2ccc(OC(=O)C(C)OCCCCCC)cc2)nc1. The minimum Gasteiger partial charge on any atom is -0.490 e. The number of esters is 1. The molecule has 0 aliphatic carbocycles. The van der Waals surface area contributed by atoms with Crippen molar-refractivity contribution in [1.82, 2.24) is 9.97 Å². The third-order valence-electron chi connectivity index (χ3n) is 5.67. The Morgan fingerprint density at radius 2 is 1.32 bits per heavy atom. The lowest BCUT2D eigenvalue weighted by Crippen LogP contribution is -2.26. The molecule has 0 bridgehead atoms. The van der Waals surface area contributed by atoms with Crippen molar-refractivity contribution in [3.63, 3.8) is 0 Å². The smallest absolute Gasteiger partial charge is 0.340 e. The van der Waals surface area contributed by atoms with Crippen LogP contribution in [0.2, 0.25) is 0 Å². The lowest BCUT2D eigenvalue weighted by Gasteiger charge is -2.12. The van der Waals surface area contributed by atoms with E-state index in [0.29, 0.717) is 30.5 Å². The van der Waals surface area contributed by atoms with Gasteiger partial charge in [0.15, 0.2) is 17.7 Å². The molecule has 1 unspecified atom stereocenters. The summed E-state index contributed by atoms with van der Waals surface area (Å²) in [6, 6.07) is 7.17. The average molecular weight is 471 g/mol. The monoisotopic (exact) mass is 470 g/mol. The molecule has 6 nitrogen and oxygen atoms in total. The number of rotatable bonds is 18. The molecule has 2 rings (SSSR count). The van der Waals surface area contributed by atoms with Crippen LogP contribution >= 0.6 is 0 Å². The van der Waals surface area contributed by atoms with Gasteiger partial charge < -0.3 is 14.2 Å². The Hall–Kier alpha value is -2.47. The summed E-state index contributed by atoms with van der Waals surface area (Å²) in [6.45, 7) is 7.40. The van der Waals surface area contributed by atoms with Crippen LogP contribution in [0, 0.1) is 0 Å². The molecule has 0 radical (unpaired) electrons. The van der Waals surface area contributed by atoms with Gasteiger partial charge >= 0.3 is 5.97 Å². The van der Waals surface area contributed by atoms with Gasteiger partial charge in [0.1, 0.15) is 5.75 Å². The zero-order chi connectivity index (χ0) is 24.4. The van der Waals surface area contributed by atoms with Crippen LogP contribution in [0.1, 0.15) is 91.4 Å². The van der Waals surface area contributed by atoms with Gasteiger partial charge in [0, 0.05) is 12.2 Å². The normalized spacial score (nSPS) is 11.9. The van der Waals surface area contributed by atoms with Gasteiger partial charge in [-0.05, 0) is 44.0 Å². The first-order valence-electron chi connectivity index (χ1n) is 13.0. The third-order valence-corrected chi connectivity index (χ3v) is 5.67. The summed E-state index contributed by atoms with van der Waals surface area (Å²) in [4.78, 5) is 21.0. The Balaban J connectivity index is 1.71. The summed E-state index contributed by atoms with van der Waals surface area (Å²) in [5.74, 6) is 1.38. The van der Waals surface area contributed by atoms with E-state index in [1.54, 1.807) is 31.5 Å². The topological polar surface area (TPSA) is 70.5 Å². The molecule has 1 aromatic carbocycles. The van der Waals surface area contributed by atoms with E-state index in [9.17, 15) is 4.79 Å². The van der Waals surface area contributed by atoms with Crippen LogP contribution in [0.25, 0.3) is 11.4 Å². The molecule has 0 spiro atoms. The Labute approximate surface area is 205 Å². The van der Waals surface area contributed by atoms with E-state index in [1.807, 2.05) is 12.1 Å². The van der Waals surface area contributed by atoms with Crippen molar-refractivity contribution in [3.8, 4) is 22.9 Å². The van der Waals surface area contributed by atoms with Crippen LogP contribution in [0.3, 0.4) is 0 Å². The lowest BCUT2D eigenvalue weighted by molar-refractivity contribution is -0.146. The van der Waals surface area contributed by atoms with Gasteiger partial charge in [0.2, 0.25) is 0 Å². The van der Waals surface area contributed by atoms with E-state index in [1.165, 1.54) is 51.4 Å². The fourth-order valence-electron chi connectivity index (χ4n) is 3.52. The summed E-state index contributed by atoms with van der Waals surface area (Å²) in [5, 5.41) is 0. The largest absolute Gasteiger partial charge is 0.490 e. The average Bonchev–Trinajstić information content (AvgIpc) is 2.86. The first-order valence-corrected chi connectivity index (χ1v) is 13.0. The van der Waals surface area contributed by atoms with Gasteiger partial charge in [-0.2, -0.15) is 0 Å². The maximum absolute atomic E-state index is 12.2. The molecule has 0 amide bonds. The van der Waals surface area contributed by atoms with Crippen molar-refractivity contribution in [3.05, 3.63) is 36.7 Å². The molecular weight excluding hydrogens is 428 g/mol. The van der Waals surface area contributed by atoms with Gasteiger partial charge in [-0.25, -0.2) is 14.8 Å². The maximum Gasteiger partial charge on any atom is 0.340 e. The van der Waals surface area contributed by atoms with Crippen molar-refractivity contribution in [2.45, 2.75) is 97.5 Å². The van der Waals surface area contributed by atoms with E-state index in [2.05, 4.69) is 23.8 Å². The van der Waals surface area contributed by atoms with Crippen LogP contribution in [-0.4, -0.2) is 35.3 Å². The van der Waals surface area contributed by atoms with Crippen molar-refractivity contribution in [1.29, 1.82) is 0 Å². The van der Waals surface area contributed by atoms with Gasteiger partial charge in [-0.1, -0.05) is 71.6 Å². The van der Waals surface area contributed by atoms with Gasteiger partial charge in [-0.15, -0.1) is 0 Å². The second-order valence-electron chi connectivity index (χ2n) is 8.73. The fraction of sp³-hybridized carbons (Fsp3) is 0.607. The predicted octanol–water partition coefficient (Wildman–Crippen LogP) is 7.16. The van der Waals surface area contributed by atoms with Crippen molar-refractivity contribution >= 4 is 5.97 Å². The Kier molecular flexibility index (Phi) is 13.9. The second kappa shape index (κ2) is 17.0. The minimum absolute atomic E-state index is 0.387. The van der Waals surface area contributed by atoms with Crippen LogP contribution in [-0.2, 0) is 9.53 Å². The van der Waals surface area contributed by atoms with E-state index in [-0.39, 0.29) is 5.97 Å². The quantitative estimate of drug-likeness (QED) is 0.131. The number of carbonyl (C=O) groups is 1. The first kappa shape index (κ1) is 27.8. The van der Waals surface area contributed by atoms with Crippen LogP contribution < -0.4 is 9.47 Å². The van der Waals surface area contributed by atoms with E-state index < -0.39 is 6.10 Å². The Morgan fingerprint density at radius 3 is 1.97 bits per heavy atom. The number of hydrogen-bond donors (Lipinski definition) is 0. The highest BCUT2D eigenvalue weighted by atomic mass is 16.6. The molecule has 0 aliphatic heterocycles. The molecule has 0 N–H and O–H groups in total. The van der Waals surface area contributed by atoms with Gasteiger partial charge in [0.05, 0.1) is 19.0 Å². The number of aromatic nitrogens is 2. The molecule has 1 atom stereocenters. The number of nitrogens with zero attached hydrogens (tertiary/aromatic N) is 2. The molecule has 1 aromatic heterocycles. The number of hydrogen-bond acceptors (Lipinski definition) is 6. The third kappa shape index (κ3) is 11.1. The van der Waals surface area contributed by atoms with Gasteiger partial charge in [-0.3, -0.25) is 0 Å². The van der Waals surface area contributed by atoms with E-state index in [4.69, 9.17) is 14.2 Å². The molecular formula is C28H42N2O4. The lowest BCUT2D eigenvalue weighted by atomic mass is 10.1. The molecule has 0 aliphatic rings. The summed E-state index contributed by atoms with van der Waals surface area (Å²) in [5.41, 5.74) is 0.846. The fourth-order valence-corrected chi connectivity index (χ4v) is 3.52. The summed E-state index contributed by atoms with van der Waals surface area (Å²) >= 11 is 0. The molecule has 6 heteroatoms. The molecule has 2 aromatic rings. The number of carbonyl (C=O) groups excluding carboxylic acids is 1.